The van der Waals surface area contributed by atoms with Gasteiger partial charge in [0.05, 0.1) is 5.39 Å². The van der Waals surface area contributed by atoms with Gasteiger partial charge in [-0.05, 0) is 61.8 Å². The predicted molar refractivity (Wildman–Crippen MR) is 107 cm³/mol. The molecule has 1 aliphatic heterocycles. The molecule has 5 heteroatoms. The summed E-state index contributed by atoms with van der Waals surface area (Å²) in [5.41, 5.74) is 2.73. The highest BCUT2D eigenvalue weighted by Crippen LogP contribution is 2.37. The van der Waals surface area contributed by atoms with Gasteiger partial charge in [0.2, 0.25) is 5.28 Å². The number of thiophene rings is 1. The molecule has 1 aliphatic rings. The van der Waals surface area contributed by atoms with Crippen molar-refractivity contribution in [2.75, 3.05) is 18.0 Å². The summed E-state index contributed by atoms with van der Waals surface area (Å²) in [5, 5.41) is 1.54. The molecule has 25 heavy (non-hydrogen) atoms. The van der Waals surface area contributed by atoms with Crippen molar-refractivity contribution in [3.63, 3.8) is 0 Å². The number of anilines is 1. The van der Waals surface area contributed by atoms with Crippen molar-refractivity contribution in [3.05, 3.63) is 51.6 Å². The Bertz CT molecular complexity index is 883. The first-order chi connectivity index (χ1) is 12.1. The first-order valence-electron chi connectivity index (χ1n) is 8.84. The molecule has 3 nitrogen and oxygen atoms in total. The third-order valence-corrected chi connectivity index (χ3v) is 6.53. The average molecular weight is 372 g/mol. The van der Waals surface area contributed by atoms with Gasteiger partial charge in [-0.1, -0.05) is 30.3 Å². The maximum absolute atomic E-state index is 6.20. The lowest BCUT2D eigenvalue weighted by Gasteiger charge is -2.33. The smallest absolute Gasteiger partial charge is 0.225 e. The number of rotatable bonds is 3. The Kier molecular flexibility index (Phi) is 4.65. The summed E-state index contributed by atoms with van der Waals surface area (Å²) < 4.78 is 0. The Morgan fingerprint density at radius 1 is 1.12 bits per heavy atom. The first kappa shape index (κ1) is 16.8. The summed E-state index contributed by atoms with van der Waals surface area (Å²) >= 11 is 7.91. The number of piperidine rings is 1. The number of hydrogen-bond donors (Lipinski definition) is 0. The lowest BCUT2D eigenvalue weighted by Crippen LogP contribution is -2.35. The van der Waals surface area contributed by atoms with Crippen LogP contribution in [-0.4, -0.2) is 23.1 Å². The Morgan fingerprint density at radius 3 is 2.56 bits per heavy atom. The Balaban J connectivity index is 1.54. The molecular weight excluding hydrogens is 350 g/mol. The molecule has 1 aromatic carbocycles. The number of aryl methyl sites for hydroxylation is 2. The maximum Gasteiger partial charge on any atom is 0.225 e. The van der Waals surface area contributed by atoms with E-state index in [1.807, 2.05) is 0 Å². The van der Waals surface area contributed by atoms with Crippen molar-refractivity contribution in [2.45, 2.75) is 33.1 Å². The van der Waals surface area contributed by atoms with Crippen molar-refractivity contribution in [1.29, 1.82) is 0 Å². The second-order valence-corrected chi connectivity index (χ2v) is 8.44. The monoisotopic (exact) mass is 371 g/mol. The molecule has 0 N–H and O–H groups in total. The molecule has 0 spiro atoms. The highest BCUT2D eigenvalue weighted by Gasteiger charge is 2.24. The fraction of sp³-hybridized carbons (Fsp3) is 0.400. The van der Waals surface area contributed by atoms with E-state index in [-0.39, 0.29) is 0 Å². The van der Waals surface area contributed by atoms with Crippen LogP contribution in [0.3, 0.4) is 0 Å². The minimum atomic E-state index is 0.357. The molecule has 0 bridgehead atoms. The molecule has 1 saturated heterocycles. The molecule has 0 unspecified atom stereocenters. The first-order valence-corrected chi connectivity index (χ1v) is 10.0. The number of hydrogen-bond acceptors (Lipinski definition) is 4. The number of aromatic nitrogens is 2. The van der Waals surface area contributed by atoms with Gasteiger partial charge in [0.1, 0.15) is 10.6 Å². The van der Waals surface area contributed by atoms with Gasteiger partial charge in [0, 0.05) is 18.0 Å². The standard InChI is InChI=1S/C20H22ClN3S/c1-13-14(2)25-19-17(13)18(22-20(21)23-19)24-10-8-16(9-11-24)12-15-6-4-3-5-7-15/h3-7,16H,8-12H2,1-2H3. The molecule has 0 atom stereocenters. The fourth-order valence-corrected chi connectivity index (χ4v) is 4.97. The quantitative estimate of drug-likeness (QED) is 0.575. The van der Waals surface area contributed by atoms with E-state index in [0.29, 0.717) is 5.28 Å². The average Bonchev–Trinajstić information content (AvgIpc) is 2.90. The number of fused-ring (bicyclic) bond motifs is 1. The van der Waals surface area contributed by atoms with Crippen LogP contribution in [0.2, 0.25) is 5.28 Å². The zero-order chi connectivity index (χ0) is 17.4. The van der Waals surface area contributed by atoms with E-state index in [0.717, 1.165) is 29.7 Å². The summed E-state index contributed by atoms with van der Waals surface area (Å²) in [7, 11) is 0. The third kappa shape index (κ3) is 3.38. The summed E-state index contributed by atoms with van der Waals surface area (Å²) in [4.78, 5) is 13.7. The summed E-state index contributed by atoms with van der Waals surface area (Å²) in [6, 6.07) is 10.8. The van der Waals surface area contributed by atoms with Crippen LogP contribution in [0.4, 0.5) is 5.82 Å². The Morgan fingerprint density at radius 2 is 1.84 bits per heavy atom. The van der Waals surface area contributed by atoms with Crippen LogP contribution in [0.25, 0.3) is 10.2 Å². The molecule has 0 amide bonds. The van der Waals surface area contributed by atoms with E-state index in [9.17, 15) is 0 Å². The molecule has 0 radical (unpaired) electrons. The van der Waals surface area contributed by atoms with Crippen molar-refractivity contribution in [2.24, 2.45) is 5.92 Å². The van der Waals surface area contributed by atoms with Gasteiger partial charge >= 0.3 is 0 Å². The van der Waals surface area contributed by atoms with Gasteiger partial charge in [0.15, 0.2) is 0 Å². The van der Waals surface area contributed by atoms with Crippen LogP contribution >= 0.6 is 22.9 Å². The molecule has 3 heterocycles. The lowest BCUT2D eigenvalue weighted by atomic mass is 9.90. The zero-order valence-electron chi connectivity index (χ0n) is 14.6. The van der Waals surface area contributed by atoms with E-state index in [1.165, 1.54) is 40.7 Å². The van der Waals surface area contributed by atoms with Crippen LogP contribution in [0.1, 0.15) is 28.8 Å². The molecular formula is C20H22ClN3S. The van der Waals surface area contributed by atoms with Gasteiger partial charge in [-0.3, -0.25) is 0 Å². The largest absolute Gasteiger partial charge is 0.356 e. The molecule has 130 valence electrons. The highest BCUT2D eigenvalue weighted by molar-refractivity contribution is 7.18. The van der Waals surface area contributed by atoms with Crippen molar-refractivity contribution < 1.29 is 0 Å². The molecule has 2 aromatic heterocycles. The lowest BCUT2D eigenvalue weighted by molar-refractivity contribution is 0.402. The maximum atomic E-state index is 6.20. The van der Waals surface area contributed by atoms with Gasteiger partial charge < -0.3 is 4.90 Å². The van der Waals surface area contributed by atoms with Crippen molar-refractivity contribution in [1.82, 2.24) is 9.97 Å². The summed E-state index contributed by atoms with van der Waals surface area (Å²) in [6.45, 7) is 6.38. The Hall–Kier alpha value is -1.65. The third-order valence-electron chi connectivity index (χ3n) is 5.26. The van der Waals surface area contributed by atoms with E-state index in [1.54, 1.807) is 11.3 Å². The summed E-state index contributed by atoms with van der Waals surface area (Å²) in [6.07, 6.45) is 3.56. The normalized spacial score (nSPS) is 15.9. The van der Waals surface area contributed by atoms with Crippen molar-refractivity contribution >= 4 is 39.0 Å². The molecule has 0 aliphatic carbocycles. The van der Waals surface area contributed by atoms with Crippen LogP contribution in [0, 0.1) is 19.8 Å². The van der Waals surface area contributed by atoms with Gasteiger partial charge in [0.25, 0.3) is 0 Å². The van der Waals surface area contributed by atoms with Crippen LogP contribution < -0.4 is 4.90 Å². The SMILES string of the molecule is Cc1sc2nc(Cl)nc(N3CCC(Cc4ccccc4)CC3)c2c1C. The van der Waals surface area contributed by atoms with E-state index < -0.39 is 0 Å². The van der Waals surface area contributed by atoms with E-state index in [2.05, 4.69) is 59.0 Å². The molecule has 1 fully saturated rings. The van der Waals surface area contributed by atoms with Crippen LogP contribution in [0.5, 0.6) is 0 Å². The Labute approximate surface area is 157 Å². The number of nitrogens with zero attached hydrogens (tertiary/aromatic N) is 3. The zero-order valence-corrected chi connectivity index (χ0v) is 16.2. The van der Waals surface area contributed by atoms with E-state index >= 15 is 0 Å². The highest BCUT2D eigenvalue weighted by atomic mass is 35.5. The van der Waals surface area contributed by atoms with Crippen LogP contribution in [-0.2, 0) is 6.42 Å². The molecule has 3 aromatic rings. The number of benzene rings is 1. The van der Waals surface area contributed by atoms with Gasteiger partial charge in [-0.2, -0.15) is 4.98 Å². The minimum absolute atomic E-state index is 0.357. The predicted octanol–water partition coefficient (Wildman–Crippen LogP) is 5.42. The molecule has 0 saturated carbocycles. The van der Waals surface area contributed by atoms with E-state index in [4.69, 9.17) is 11.6 Å². The second kappa shape index (κ2) is 6.93. The summed E-state index contributed by atoms with van der Waals surface area (Å²) in [5.74, 6) is 1.77. The minimum Gasteiger partial charge on any atom is -0.356 e. The number of halogens is 1. The fourth-order valence-electron chi connectivity index (χ4n) is 3.73. The van der Waals surface area contributed by atoms with Gasteiger partial charge in [-0.25, -0.2) is 4.98 Å². The van der Waals surface area contributed by atoms with Crippen molar-refractivity contribution in [3.8, 4) is 0 Å². The molecule has 4 rings (SSSR count). The second-order valence-electron chi connectivity index (χ2n) is 6.90. The van der Waals surface area contributed by atoms with Gasteiger partial charge in [-0.15, -0.1) is 11.3 Å². The topological polar surface area (TPSA) is 29.0 Å². The van der Waals surface area contributed by atoms with Crippen LogP contribution in [0.15, 0.2) is 30.3 Å².